The molecule has 1 aromatic carbocycles. The third-order valence-corrected chi connectivity index (χ3v) is 1.67. The van der Waals surface area contributed by atoms with Crippen LogP contribution in [0.4, 0.5) is 0 Å². The molecule has 0 heterocycles. The van der Waals surface area contributed by atoms with E-state index in [-0.39, 0.29) is 12.2 Å². The fraction of sp³-hybridized carbons (Fsp3) is 0.222. The summed E-state index contributed by atoms with van der Waals surface area (Å²) in [5.74, 6) is -0.435. The minimum atomic E-state index is -0.891. The van der Waals surface area contributed by atoms with Gasteiger partial charge in [0.2, 0.25) is 5.91 Å². The minimum absolute atomic E-state index is 0.106. The number of primary amides is 1. The van der Waals surface area contributed by atoms with Gasteiger partial charge in [-0.3, -0.25) is 4.79 Å². The summed E-state index contributed by atoms with van der Waals surface area (Å²) in [6, 6.07) is 5.98. The first kappa shape index (κ1) is 9.54. The zero-order valence-electron chi connectivity index (χ0n) is 6.97. The molecule has 4 heteroatoms. The van der Waals surface area contributed by atoms with Crippen molar-refractivity contribution in [2.45, 2.75) is 12.5 Å². The highest BCUT2D eigenvalue weighted by Gasteiger charge is 2.09. The maximum Gasteiger partial charge on any atom is 0.220 e. The number of aliphatic hydroxyl groups excluding tert-OH is 1. The van der Waals surface area contributed by atoms with Gasteiger partial charge < -0.3 is 15.9 Å². The van der Waals surface area contributed by atoms with Gasteiger partial charge in [0.15, 0.2) is 0 Å². The van der Waals surface area contributed by atoms with Crippen molar-refractivity contribution in [1.29, 1.82) is 0 Å². The van der Waals surface area contributed by atoms with Crippen LogP contribution in [0.2, 0.25) is 0 Å². The van der Waals surface area contributed by atoms with E-state index in [9.17, 15) is 9.90 Å². The van der Waals surface area contributed by atoms with Crippen LogP contribution in [-0.2, 0) is 4.79 Å². The molecule has 13 heavy (non-hydrogen) atoms. The van der Waals surface area contributed by atoms with Gasteiger partial charge in [0.1, 0.15) is 5.75 Å². The summed E-state index contributed by atoms with van der Waals surface area (Å²) >= 11 is 0. The van der Waals surface area contributed by atoms with Crippen LogP contribution < -0.4 is 5.73 Å². The highest BCUT2D eigenvalue weighted by atomic mass is 16.3. The molecule has 4 N–H and O–H groups in total. The van der Waals surface area contributed by atoms with E-state index in [0.29, 0.717) is 5.56 Å². The van der Waals surface area contributed by atoms with Crippen molar-refractivity contribution in [2.24, 2.45) is 5.73 Å². The molecule has 1 aromatic rings. The molecule has 1 rings (SSSR count). The van der Waals surface area contributed by atoms with Gasteiger partial charge >= 0.3 is 0 Å². The Hall–Kier alpha value is -1.55. The van der Waals surface area contributed by atoms with Crippen LogP contribution in [0.15, 0.2) is 24.3 Å². The number of hydrogen-bond donors (Lipinski definition) is 3. The van der Waals surface area contributed by atoms with Gasteiger partial charge in [0.05, 0.1) is 12.5 Å². The lowest BCUT2D eigenvalue weighted by molar-refractivity contribution is -0.119. The summed E-state index contributed by atoms with van der Waals surface area (Å²) < 4.78 is 0. The molecular formula is C9H11NO3. The van der Waals surface area contributed by atoms with Gasteiger partial charge in [-0.1, -0.05) is 12.1 Å². The topological polar surface area (TPSA) is 83.6 Å². The van der Waals surface area contributed by atoms with Gasteiger partial charge in [0.25, 0.3) is 0 Å². The van der Waals surface area contributed by atoms with E-state index >= 15 is 0 Å². The van der Waals surface area contributed by atoms with Crippen LogP contribution in [0.1, 0.15) is 18.1 Å². The molecule has 0 aromatic heterocycles. The molecule has 70 valence electrons. The Bertz CT molecular complexity index is 294. The average molecular weight is 181 g/mol. The van der Waals surface area contributed by atoms with Gasteiger partial charge in [-0.25, -0.2) is 0 Å². The van der Waals surface area contributed by atoms with Gasteiger partial charge in [-0.2, -0.15) is 0 Å². The number of aromatic hydroxyl groups is 1. The lowest BCUT2D eigenvalue weighted by atomic mass is 10.1. The maximum absolute atomic E-state index is 10.5. The van der Waals surface area contributed by atoms with E-state index in [4.69, 9.17) is 10.8 Å². The SMILES string of the molecule is NC(=O)CC(O)c1ccc(O)cc1. The molecule has 0 saturated carbocycles. The van der Waals surface area contributed by atoms with E-state index in [1.165, 1.54) is 12.1 Å². The zero-order chi connectivity index (χ0) is 9.84. The van der Waals surface area contributed by atoms with E-state index in [1.807, 2.05) is 0 Å². The standard InChI is InChI=1S/C9H11NO3/c10-9(13)5-8(12)6-1-3-7(11)4-2-6/h1-4,8,11-12H,5H2,(H2,10,13). The monoisotopic (exact) mass is 181 g/mol. The van der Waals surface area contributed by atoms with Crippen molar-refractivity contribution >= 4 is 5.91 Å². The van der Waals surface area contributed by atoms with Gasteiger partial charge in [-0.05, 0) is 17.7 Å². The van der Waals surface area contributed by atoms with Crippen LogP contribution in [0.3, 0.4) is 0 Å². The van der Waals surface area contributed by atoms with Crippen LogP contribution >= 0.6 is 0 Å². The van der Waals surface area contributed by atoms with Crippen molar-refractivity contribution in [3.05, 3.63) is 29.8 Å². The van der Waals surface area contributed by atoms with Gasteiger partial charge in [-0.15, -0.1) is 0 Å². The van der Waals surface area contributed by atoms with E-state index in [0.717, 1.165) is 0 Å². The van der Waals surface area contributed by atoms with Gasteiger partial charge in [0, 0.05) is 0 Å². The first-order valence-corrected chi connectivity index (χ1v) is 3.85. The van der Waals surface area contributed by atoms with Crippen molar-refractivity contribution in [3.8, 4) is 5.75 Å². The van der Waals surface area contributed by atoms with E-state index < -0.39 is 12.0 Å². The molecule has 0 radical (unpaired) electrons. The number of carbonyl (C=O) groups excluding carboxylic acids is 1. The Morgan fingerprint density at radius 2 is 1.92 bits per heavy atom. The second kappa shape index (κ2) is 3.91. The predicted octanol–water partition coefficient (Wildman–Crippen LogP) is 0.301. The molecule has 1 amide bonds. The molecular weight excluding hydrogens is 170 g/mol. The van der Waals surface area contributed by atoms with E-state index in [1.54, 1.807) is 12.1 Å². The molecule has 0 aliphatic heterocycles. The predicted molar refractivity (Wildman–Crippen MR) is 46.9 cm³/mol. The molecule has 0 spiro atoms. The summed E-state index contributed by atoms with van der Waals surface area (Å²) in [4.78, 5) is 10.5. The number of rotatable bonds is 3. The smallest absolute Gasteiger partial charge is 0.220 e. The van der Waals surface area contributed by atoms with Crippen molar-refractivity contribution in [3.63, 3.8) is 0 Å². The fourth-order valence-electron chi connectivity index (χ4n) is 1.00. The third-order valence-electron chi connectivity index (χ3n) is 1.67. The number of carbonyl (C=O) groups is 1. The molecule has 0 aliphatic rings. The lowest BCUT2D eigenvalue weighted by Crippen LogP contribution is -2.14. The van der Waals surface area contributed by atoms with Crippen molar-refractivity contribution in [2.75, 3.05) is 0 Å². The van der Waals surface area contributed by atoms with Crippen molar-refractivity contribution in [1.82, 2.24) is 0 Å². The highest BCUT2D eigenvalue weighted by Crippen LogP contribution is 2.18. The number of nitrogens with two attached hydrogens (primary N) is 1. The summed E-state index contributed by atoms with van der Waals surface area (Å²) in [5.41, 5.74) is 5.48. The largest absolute Gasteiger partial charge is 0.508 e. The summed E-state index contributed by atoms with van der Waals surface area (Å²) in [7, 11) is 0. The second-order valence-electron chi connectivity index (χ2n) is 2.78. The summed E-state index contributed by atoms with van der Waals surface area (Å²) in [5, 5.41) is 18.3. The summed E-state index contributed by atoms with van der Waals surface area (Å²) in [6.07, 6.45) is -0.997. The number of hydrogen-bond acceptors (Lipinski definition) is 3. The Labute approximate surface area is 75.6 Å². The maximum atomic E-state index is 10.5. The Morgan fingerprint density at radius 3 is 2.38 bits per heavy atom. The Kier molecular flexibility index (Phi) is 2.87. The fourth-order valence-corrected chi connectivity index (χ4v) is 1.00. The second-order valence-corrected chi connectivity index (χ2v) is 2.78. The zero-order valence-corrected chi connectivity index (χ0v) is 6.97. The highest BCUT2D eigenvalue weighted by molar-refractivity contribution is 5.74. The average Bonchev–Trinajstić information content (AvgIpc) is 2.04. The number of aliphatic hydroxyl groups is 1. The molecule has 0 aliphatic carbocycles. The quantitative estimate of drug-likeness (QED) is 0.627. The van der Waals surface area contributed by atoms with Crippen molar-refractivity contribution < 1.29 is 15.0 Å². The Morgan fingerprint density at radius 1 is 1.38 bits per heavy atom. The number of phenols is 1. The van der Waals surface area contributed by atoms with Crippen LogP contribution in [0.5, 0.6) is 5.75 Å². The molecule has 0 bridgehead atoms. The van der Waals surface area contributed by atoms with Crippen LogP contribution in [0.25, 0.3) is 0 Å². The molecule has 0 fully saturated rings. The minimum Gasteiger partial charge on any atom is -0.508 e. The molecule has 1 atom stereocenters. The third kappa shape index (κ3) is 2.76. The number of phenolic OH excluding ortho intramolecular Hbond substituents is 1. The number of amides is 1. The molecule has 4 nitrogen and oxygen atoms in total. The first-order valence-electron chi connectivity index (χ1n) is 3.85. The van der Waals surface area contributed by atoms with E-state index in [2.05, 4.69) is 0 Å². The lowest BCUT2D eigenvalue weighted by Gasteiger charge is -2.07. The van der Waals surface area contributed by atoms with Crippen LogP contribution in [-0.4, -0.2) is 16.1 Å². The Balaban J connectivity index is 2.71. The normalized spacial score (nSPS) is 12.4. The first-order chi connectivity index (χ1) is 6.09. The van der Waals surface area contributed by atoms with Crippen LogP contribution in [0, 0.1) is 0 Å². The molecule has 1 unspecified atom stereocenters. The molecule has 0 saturated heterocycles. The summed E-state index contributed by atoms with van der Waals surface area (Å²) in [6.45, 7) is 0. The number of benzene rings is 1.